The third-order valence-electron chi connectivity index (χ3n) is 3.71. The Balaban J connectivity index is 2.50. The van der Waals surface area contributed by atoms with Crippen molar-refractivity contribution in [1.29, 1.82) is 0 Å². The number of rotatable bonds is 2. The Labute approximate surface area is 119 Å². The zero-order chi connectivity index (χ0) is 15.8. The topological polar surface area (TPSA) is 49.4 Å². The van der Waals surface area contributed by atoms with Gasteiger partial charge in [-0.15, -0.1) is 0 Å². The number of hydrogen-bond donors (Lipinski definition) is 1. The number of nitrogens with zero attached hydrogens (tertiary/aromatic N) is 1. The predicted molar refractivity (Wildman–Crippen MR) is 70.1 cm³/mol. The summed E-state index contributed by atoms with van der Waals surface area (Å²) < 4.78 is 40.2. The Morgan fingerprint density at radius 1 is 1.24 bits per heavy atom. The summed E-state index contributed by atoms with van der Waals surface area (Å²) in [6.07, 6.45) is 0.249. The van der Waals surface area contributed by atoms with Crippen molar-refractivity contribution in [2.75, 3.05) is 11.4 Å². The lowest BCUT2D eigenvalue weighted by Crippen LogP contribution is -2.55. The quantitative estimate of drug-likeness (QED) is 0.851. The average molecular weight is 300 g/mol. The van der Waals surface area contributed by atoms with Crippen LogP contribution >= 0.6 is 0 Å². The zero-order valence-corrected chi connectivity index (χ0v) is 11.7. The molecule has 1 aromatic rings. The van der Waals surface area contributed by atoms with E-state index in [0.717, 1.165) is 17.0 Å². The van der Waals surface area contributed by atoms with Crippen LogP contribution in [-0.2, 0) is 9.59 Å². The van der Waals surface area contributed by atoms with Crippen LogP contribution in [0, 0.1) is 17.5 Å². The van der Waals surface area contributed by atoms with Crippen LogP contribution in [0.1, 0.15) is 26.7 Å². The molecule has 1 aliphatic heterocycles. The standard InChI is InChI=1S/C14H15F3N2O2/c1-3-14(2)13(21)19(7-6-10(20)18-14)9-5-4-8(15)11(16)12(9)17/h4-5H,3,6-7H2,1-2H3,(H,18,20). The van der Waals surface area contributed by atoms with Crippen molar-refractivity contribution in [3.63, 3.8) is 0 Å². The van der Waals surface area contributed by atoms with Gasteiger partial charge in [-0.05, 0) is 25.5 Å². The molecule has 1 atom stereocenters. The Morgan fingerprint density at radius 3 is 2.52 bits per heavy atom. The van der Waals surface area contributed by atoms with Crippen LogP contribution in [0.2, 0.25) is 0 Å². The maximum atomic E-state index is 13.9. The van der Waals surface area contributed by atoms with Crippen molar-refractivity contribution in [3.05, 3.63) is 29.6 Å². The van der Waals surface area contributed by atoms with Gasteiger partial charge in [0, 0.05) is 13.0 Å². The van der Waals surface area contributed by atoms with E-state index in [9.17, 15) is 22.8 Å². The minimum Gasteiger partial charge on any atom is -0.342 e. The lowest BCUT2D eigenvalue weighted by Gasteiger charge is -2.31. The fourth-order valence-corrected chi connectivity index (χ4v) is 2.23. The maximum absolute atomic E-state index is 13.9. The lowest BCUT2D eigenvalue weighted by molar-refractivity contribution is -0.129. The second-order valence-electron chi connectivity index (χ2n) is 5.14. The molecule has 2 rings (SSSR count). The second kappa shape index (κ2) is 5.38. The molecular formula is C14H15F3N2O2. The van der Waals surface area contributed by atoms with Crippen LogP contribution in [0.4, 0.5) is 18.9 Å². The van der Waals surface area contributed by atoms with Crippen LogP contribution < -0.4 is 10.2 Å². The van der Waals surface area contributed by atoms with Gasteiger partial charge in [0.15, 0.2) is 17.5 Å². The van der Waals surface area contributed by atoms with Gasteiger partial charge in [0.1, 0.15) is 5.54 Å². The Bertz CT molecular complexity index is 606. The van der Waals surface area contributed by atoms with Gasteiger partial charge in [-0.1, -0.05) is 6.92 Å². The molecule has 1 fully saturated rings. The van der Waals surface area contributed by atoms with Crippen molar-refractivity contribution in [2.45, 2.75) is 32.2 Å². The highest BCUT2D eigenvalue weighted by Crippen LogP contribution is 2.28. The van der Waals surface area contributed by atoms with E-state index in [1.807, 2.05) is 0 Å². The smallest absolute Gasteiger partial charge is 0.252 e. The normalized spacial score (nSPS) is 23.0. The first-order valence-corrected chi connectivity index (χ1v) is 6.56. The SMILES string of the molecule is CCC1(C)NC(=O)CCN(c2ccc(F)c(F)c2F)C1=O. The highest BCUT2D eigenvalue weighted by molar-refractivity contribution is 6.04. The number of amides is 2. The monoisotopic (exact) mass is 300 g/mol. The highest BCUT2D eigenvalue weighted by Gasteiger charge is 2.40. The van der Waals surface area contributed by atoms with E-state index in [4.69, 9.17) is 0 Å². The van der Waals surface area contributed by atoms with Gasteiger partial charge in [0.2, 0.25) is 5.91 Å². The number of carbonyl (C=O) groups excluding carboxylic acids is 2. The van der Waals surface area contributed by atoms with Crippen LogP contribution in [0.3, 0.4) is 0 Å². The molecule has 0 aromatic heterocycles. The molecule has 0 radical (unpaired) electrons. The molecule has 7 heteroatoms. The molecule has 0 aliphatic carbocycles. The third kappa shape index (κ3) is 2.59. The number of hydrogen-bond acceptors (Lipinski definition) is 2. The molecule has 1 aromatic carbocycles. The van der Waals surface area contributed by atoms with Gasteiger partial charge < -0.3 is 10.2 Å². The summed E-state index contributed by atoms with van der Waals surface area (Å²) in [7, 11) is 0. The van der Waals surface area contributed by atoms with Crippen LogP contribution in [-0.4, -0.2) is 23.9 Å². The van der Waals surface area contributed by atoms with Crippen molar-refractivity contribution in [3.8, 4) is 0 Å². The largest absolute Gasteiger partial charge is 0.342 e. The first-order valence-electron chi connectivity index (χ1n) is 6.56. The molecule has 2 amide bonds. The highest BCUT2D eigenvalue weighted by atomic mass is 19.2. The van der Waals surface area contributed by atoms with E-state index in [2.05, 4.69) is 5.32 Å². The first kappa shape index (κ1) is 15.3. The summed E-state index contributed by atoms with van der Waals surface area (Å²) in [4.78, 5) is 25.2. The number of halogens is 3. The molecule has 1 saturated heterocycles. The van der Waals surface area contributed by atoms with Gasteiger partial charge in [-0.2, -0.15) is 0 Å². The zero-order valence-electron chi connectivity index (χ0n) is 11.7. The third-order valence-corrected chi connectivity index (χ3v) is 3.71. The number of carbonyl (C=O) groups is 2. The molecule has 114 valence electrons. The summed E-state index contributed by atoms with van der Waals surface area (Å²) >= 11 is 0. The first-order chi connectivity index (χ1) is 9.80. The summed E-state index contributed by atoms with van der Waals surface area (Å²) in [5.74, 6) is -5.30. The van der Waals surface area contributed by atoms with Gasteiger partial charge in [0.25, 0.3) is 5.91 Å². The average Bonchev–Trinajstić information content (AvgIpc) is 2.56. The van der Waals surface area contributed by atoms with Gasteiger partial charge in [-0.3, -0.25) is 9.59 Å². The molecule has 0 saturated carbocycles. The minimum absolute atomic E-state index is 0.0419. The summed E-state index contributed by atoms with van der Waals surface area (Å²) in [6.45, 7) is 3.12. The van der Waals surface area contributed by atoms with E-state index in [1.54, 1.807) is 6.92 Å². The van der Waals surface area contributed by atoms with Crippen LogP contribution in [0.15, 0.2) is 12.1 Å². The fraction of sp³-hybridized carbons (Fsp3) is 0.429. The van der Waals surface area contributed by atoms with Crippen molar-refractivity contribution in [2.24, 2.45) is 0 Å². The molecule has 1 heterocycles. The Hall–Kier alpha value is -2.05. The maximum Gasteiger partial charge on any atom is 0.252 e. The van der Waals surface area contributed by atoms with Crippen LogP contribution in [0.25, 0.3) is 0 Å². The summed E-state index contributed by atoms with van der Waals surface area (Å²) in [5.41, 5.74) is -1.57. The molecule has 4 nitrogen and oxygen atoms in total. The molecule has 1 aliphatic rings. The van der Waals surface area contributed by atoms with E-state index in [-0.39, 0.29) is 24.6 Å². The molecule has 1 N–H and O–H groups in total. The predicted octanol–water partition coefficient (Wildman–Crippen LogP) is 2.13. The van der Waals surface area contributed by atoms with Crippen molar-refractivity contribution in [1.82, 2.24) is 5.32 Å². The molecule has 21 heavy (non-hydrogen) atoms. The summed E-state index contributed by atoms with van der Waals surface area (Å²) in [5, 5.41) is 2.58. The van der Waals surface area contributed by atoms with E-state index in [1.165, 1.54) is 6.92 Å². The number of nitrogens with one attached hydrogen (secondary N) is 1. The van der Waals surface area contributed by atoms with Gasteiger partial charge in [-0.25, -0.2) is 13.2 Å². The minimum atomic E-state index is -1.64. The fourth-order valence-electron chi connectivity index (χ4n) is 2.23. The molecule has 1 unspecified atom stereocenters. The van der Waals surface area contributed by atoms with Gasteiger partial charge >= 0.3 is 0 Å². The molecular weight excluding hydrogens is 285 g/mol. The van der Waals surface area contributed by atoms with Crippen molar-refractivity contribution < 1.29 is 22.8 Å². The summed E-state index contributed by atoms with van der Waals surface area (Å²) in [6, 6.07) is 1.75. The Morgan fingerprint density at radius 2 is 1.90 bits per heavy atom. The lowest BCUT2D eigenvalue weighted by atomic mass is 9.97. The Kier molecular flexibility index (Phi) is 3.93. The molecule has 0 bridgehead atoms. The van der Waals surface area contributed by atoms with Crippen molar-refractivity contribution >= 4 is 17.5 Å². The number of anilines is 1. The number of benzene rings is 1. The molecule has 0 spiro atoms. The second-order valence-corrected chi connectivity index (χ2v) is 5.14. The van der Waals surface area contributed by atoms with E-state index < -0.39 is 28.9 Å². The van der Waals surface area contributed by atoms with Gasteiger partial charge in [0.05, 0.1) is 5.69 Å². The van der Waals surface area contributed by atoms with Crippen LogP contribution in [0.5, 0.6) is 0 Å². The van der Waals surface area contributed by atoms with E-state index >= 15 is 0 Å². The van der Waals surface area contributed by atoms with E-state index in [0.29, 0.717) is 6.42 Å².